The highest BCUT2D eigenvalue weighted by Crippen LogP contribution is 2.38. The molecule has 1 aliphatic heterocycles. The number of aromatic nitrogens is 3. The van der Waals surface area contributed by atoms with Crippen LogP contribution in [0, 0.1) is 0 Å². The summed E-state index contributed by atoms with van der Waals surface area (Å²) in [6.07, 6.45) is 4.88. The fourth-order valence-electron chi connectivity index (χ4n) is 3.67. The van der Waals surface area contributed by atoms with E-state index in [1.165, 1.54) is 12.6 Å². The maximum atomic E-state index is 13.1. The number of carbonyl (C=O) groups is 1. The first-order valence-corrected chi connectivity index (χ1v) is 8.17. The van der Waals surface area contributed by atoms with Crippen LogP contribution in [-0.2, 0) is 4.79 Å². The quantitative estimate of drug-likeness (QED) is 0.735. The van der Waals surface area contributed by atoms with Crippen LogP contribution in [0.15, 0.2) is 57.3 Å². The molecule has 1 aliphatic carbocycles. The summed E-state index contributed by atoms with van der Waals surface area (Å²) >= 11 is 0. The molecule has 3 heterocycles. The van der Waals surface area contributed by atoms with Crippen LogP contribution < -0.4 is 10.7 Å². The van der Waals surface area contributed by atoms with Crippen LogP contribution in [-0.4, -0.2) is 20.5 Å². The predicted octanol–water partition coefficient (Wildman–Crippen LogP) is 2.41. The Morgan fingerprint density at radius 2 is 2.08 bits per heavy atom. The Morgan fingerprint density at radius 3 is 3.00 bits per heavy atom. The van der Waals surface area contributed by atoms with Crippen molar-refractivity contribution in [1.82, 2.24) is 14.8 Å². The number of nitrogens with zero attached hydrogens (tertiary/aromatic N) is 3. The van der Waals surface area contributed by atoms with Gasteiger partial charge in [-0.15, -0.1) is 0 Å². The summed E-state index contributed by atoms with van der Waals surface area (Å²) in [5.41, 5.74) is 2.18. The van der Waals surface area contributed by atoms with Crippen LogP contribution in [0.4, 0.5) is 5.95 Å². The maximum Gasteiger partial charge on any atom is 0.226 e. The number of fused-ring (bicyclic) bond motifs is 2. The summed E-state index contributed by atoms with van der Waals surface area (Å²) in [4.78, 5) is 29.9. The number of Topliss-reactive ketones (excluding diaryl/α,β-unsaturated/α-hetero) is 1. The Kier molecular flexibility index (Phi) is 2.91. The number of benzene rings is 1. The van der Waals surface area contributed by atoms with Gasteiger partial charge < -0.3 is 9.73 Å². The van der Waals surface area contributed by atoms with E-state index in [4.69, 9.17) is 4.42 Å². The summed E-state index contributed by atoms with van der Waals surface area (Å²) in [5.74, 6) is 0.568. The third-order valence-corrected chi connectivity index (χ3v) is 4.81. The van der Waals surface area contributed by atoms with Crippen molar-refractivity contribution >= 4 is 22.7 Å². The Balaban J connectivity index is 1.80. The molecular formula is C18H14N4O3. The molecule has 7 heteroatoms. The van der Waals surface area contributed by atoms with E-state index in [9.17, 15) is 9.59 Å². The SMILES string of the molecule is O=C1CCCC2=C1[C@H](c1coc3ccccc3c1=O)n1ncnc1N2. The van der Waals surface area contributed by atoms with E-state index in [0.29, 0.717) is 34.5 Å². The van der Waals surface area contributed by atoms with Gasteiger partial charge in [-0.05, 0) is 25.0 Å². The highest BCUT2D eigenvalue weighted by Gasteiger charge is 2.37. The lowest BCUT2D eigenvalue weighted by molar-refractivity contribution is -0.116. The zero-order valence-electron chi connectivity index (χ0n) is 13.2. The number of para-hydroxylation sites is 1. The summed E-state index contributed by atoms with van der Waals surface area (Å²) in [5, 5.41) is 7.91. The first-order chi connectivity index (χ1) is 12.2. The average molecular weight is 334 g/mol. The molecule has 0 spiro atoms. The van der Waals surface area contributed by atoms with Gasteiger partial charge in [-0.2, -0.15) is 10.1 Å². The van der Waals surface area contributed by atoms with Crippen molar-refractivity contribution in [2.45, 2.75) is 25.3 Å². The van der Waals surface area contributed by atoms with Gasteiger partial charge in [0.2, 0.25) is 5.95 Å². The van der Waals surface area contributed by atoms with Crippen molar-refractivity contribution in [3.05, 3.63) is 63.9 Å². The number of hydrogen-bond donors (Lipinski definition) is 1. The second-order valence-corrected chi connectivity index (χ2v) is 6.24. The van der Waals surface area contributed by atoms with Crippen molar-refractivity contribution in [2.24, 2.45) is 0 Å². The molecule has 0 radical (unpaired) electrons. The largest absolute Gasteiger partial charge is 0.464 e. The van der Waals surface area contributed by atoms with Crippen molar-refractivity contribution in [2.75, 3.05) is 5.32 Å². The second kappa shape index (κ2) is 5.14. The lowest BCUT2D eigenvalue weighted by Gasteiger charge is -2.31. The molecular weight excluding hydrogens is 320 g/mol. The molecule has 3 aromatic rings. The lowest BCUT2D eigenvalue weighted by Crippen LogP contribution is -2.33. The van der Waals surface area contributed by atoms with Gasteiger partial charge in [-0.25, -0.2) is 4.68 Å². The molecule has 0 fully saturated rings. The summed E-state index contributed by atoms with van der Waals surface area (Å²) in [6.45, 7) is 0. The normalized spacial score (nSPS) is 19.5. The van der Waals surface area contributed by atoms with Crippen molar-refractivity contribution in [3.8, 4) is 0 Å². The number of ketones is 1. The van der Waals surface area contributed by atoms with Gasteiger partial charge >= 0.3 is 0 Å². The molecule has 1 atom stereocenters. The third kappa shape index (κ3) is 1.98. The summed E-state index contributed by atoms with van der Waals surface area (Å²) in [6, 6.07) is 6.48. The molecule has 2 aliphatic rings. The number of anilines is 1. The highest BCUT2D eigenvalue weighted by molar-refractivity contribution is 5.99. The second-order valence-electron chi connectivity index (χ2n) is 6.24. The van der Waals surface area contributed by atoms with Gasteiger partial charge in [0.25, 0.3) is 0 Å². The van der Waals surface area contributed by atoms with Crippen LogP contribution in [0.2, 0.25) is 0 Å². The van der Waals surface area contributed by atoms with Crippen LogP contribution in [0.1, 0.15) is 30.9 Å². The van der Waals surface area contributed by atoms with Crippen LogP contribution in [0.3, 0.4) is 0 Å². The van der Waals surface area contributed by atoms with E-state index >= 15 is 0 Å². The Bertz CT molecular complexity index is 1110. The number of carbonyl (C=O) groups excluding carboxylic acids is 1. The minimum Gasteiger partial charge on any atom is -0.464 e. The third-order valence-electron chi connectivity index (χ3n) is 4.81. The van der Waals surface area contributed by atoms with Gasteiger partial charge in [0, 0.05) is 17.7 Å². The Morgan fingerprint density at radius 1 is 1.20 bits per heavy atom. The van der Waals surface area contributed by atoms with Gasteiger partial charge in [0.15, 0.2) is 11.2 Å². The molecule has 124 valence electrons. The standard InChI is InChI=1S/C18H14N4O3/c23-13-6-3-5-12-15(13)16(22-18(21-12)19-9-20-22)11-8-25-14-7-2-1-4-10(14)17(11)24/h1-2,4,7-9,16H,3,5-6H2,(H,19,20,21)/t16-/m0/s1. The van der Waals surface area contributed by atoms with E-state index in [1.807, 2.05) is 6.07 Å². The highest BCUT2D eigenvalue weighted by atomic mass is 16.3. The monoisotopic (exact) mass is 334 g/mol. The topological polar surface area (TPSA) is 90.0 Å². The summed E-state index contributed by atoms with van der Waals surface area (Å²) in [7, 11) is 0. The molecule has 0 saturated carbocycles. The fraction of sp³-hybridized carbons (Fsp3) is 0.222. The Hall–Kier alpha value is -3.22. The van der Waals surface area contributed by atoms with Crippen molar-refractivity contribution in [1.29, 1.82) is 0 Å². The first kappa shape index (κ1) is 14.2. The molecule has 0 saturated heterocycles. The minimum atomic E-state index is -0.609. The molecule has 1 aromatic carbocycles. The molecule has 25 heavy (non-hydrogen) atoms. The van der Waals surface area contributed by atoms with Crippen LogP contribution in [0.5, 0.6) is 0 Å². The van der Waals surface area contributed by atoms with Gasteiger partial charge in [-0.3, -0.25) is 9.59 Å². The van der Waals surface area contributed by atoms with E-state index < -0.39 is 6.04 Å². The molecule has 7 nitrogen and oxygen atoms in total. The van der Waals surface area contributed by atoms with Crippen LogP contribution >= 0.6 is 0 Å². The average Bonchev–Trinajstić information content (AvgIpc) is 3.09. The van der Waals surface area contributed by atoms with Gasteiger partial charge in [0.05, 0.1) is 10.9 Å². The number of nitrogens with one attached hydrogen (secondary N) is 1. The molecule has 0 bridgehead atoms. The lowest BCUT2D eigenvalue weighted by atomic mass is 9.86. The van der Waals surface area contributed by atoms with E-state index in [2.05, 4.69) is 15.4 Å². The molecule has 1 N–H and O–H groups in total. The molecule has 0 amide bonds. The number of hydrogen-bond acceptors (Lipinski definition) is 6. The number of allylic oxidation sites excluding steroid dienone is 2. The maximum absolute atomic E-state index is 13.1. The van der Waals surface area contributed by atoms with Crippen molar-refractivity contribution in [3.63, 3.8) is 0 Å². The molecule has 5 rings (SSSR count). The number of rotatable bonds is 1. The predicted molar refractivity (Wildman–Crippen MR) is 90.2 cm³/mol. The van der Waals surface area contributed by atoms with E-state index in [-0.39, 0.29) is 11.2 Å². The zero-order chi connectivity index (χ0) is 17.0. The molecule has 2 aromatic heterocycles. The van der Waals surface area contributed by atoms with Gasteiger partial charge in [-0.1, -0.05) is 12.1 Å². The molecule has 0 unspecified atom stereocenters. The van der Waals surface area contributed by atoms with Gasteiger partial charge in [0.1, 0.15) is 24.2 Å². The van der Waals surface area contributed by atoms with E-state index in [0.717, 1.165) is 18.5 Å². The first-order valence-electron chi connectivity index (χ1n) is 8.17. The fourth-order valence-corrected chi connectivity index (χ4v) is 3.67. The summed E-state index contributed by atoms with van der Waals surface area (Å²) < 4.78 is 7.25. The zero-order valence-corrected chi connectivity index (χ0v) is 13.2. The minimum absolute atomic E-state index is 0.0347. The van der Waals surface area contributed by atoms with Crippen molar-refractivity contribution < 1.29 is 9.21 Å². The van der Waals surface area contributed by atoms with E-state index in [1.54, 1.807) is 22.9 Å². The Labute approximate surface area is 142 Å². The van der Waals surface area contributed by atoms with Crippen LogP contribution in [0.25, 0.3) is 11.0 Å². The smallest absolute Gasteiger partial charge is 0.226 e.